The van der Waals surface area contributed by atoms with E-state index in [4.69, 9.17) is 0 Å². The van der Waals surface area contributed by atoms with E-state index in [1.165, 1.54) is 25.7 Å². The molecule has 0 heterocycles. The number of rotatable bonds is 4. The molecule has 1 unspecified atom stereocenters. The molecule has 21 heavy (non-hydrogen) atoms. The van der Waals surface area contributed by atoms with Crippen LogP contribution in [0, 0.1) is 5.41 Å². The van der Waals surface area contributed by atoms with E-state index in [0.717, 1.165) is 24.1 Å². The van der Waals surface area contributed by atoms with E-state index in [1.807, 2.05) is 24.3 Å². The van der Waals surface area contributed by atoms with Crippen molar-refractivity contribution in [1.29, 1.82) is 0 Å². The van der Waals surface area contributed by atoms with Gasteiger partial charge >= 0.3 is 0 Å². The van der Waals surface area contributed by atoms with Gasteiger partial charge in [-0.3, -0.25) is 4.79 Å². The molecular formula is C18H26N2O. The van der Waals surface area contributed by atoms with Crippen molar-refractivity contribution >= 4 is 11.6 Å². The van der Waals surface area contributed by atoms with E-state index in [1.54, 1.807) is 0 Å². The minimum atomic E-state index is 0.0582. The first-order valence-electron chi connectivity index (χ1n) is 8.19. The Bertz CT molecular complexity index is 502. The van der Waals surface area contributed by atoms with Crippen LogP contribution in [-0.2, 0) is 0 Å². The molecule has 3 heteroatoms. The van der Waals surface area contributed by atoms with Crippen LogP contribution in [0.1, 0.15) is 62.7 Å². The van der Waals surface area contributed by atoms with Gasteiger partial charge in [-0.1, -0.05) is 20.3 Å². The molecule has 2 saturated carbocycles. The van der Waals surface area contributed by atoms with Crippen LogP contribution >= 0.6 is 0 Å². The number of hydrogen-bond donors (Lipinski definition) is 2. The molecule has 0 spiro atoms. The molecule has 114 valence electrons. The van der Waals surface area contributed by atoms with Crippen LogP contribution in [0.5, 0.6) is 0 Å². The molecule has 1 amide bonds. The van der Waals surface area contributed by atoms with Crippen LogP contribution in [0.25, 0.3) is 0 Å². The zero-order chi connectivity index (χ0) is 14.9. The lowest BCUT2D eigenvalue weighted by molar-refractivity contribution is 0.0951. The highest BCUT2D eigenvalue weighted by Gasteiger charge is 2.28. The third-order valence-corrected chi connectivity index (χ3v) is 4.64. The Morgan fingerprint density at radius 3 is 2.43 bits per heavy atom. The van der Waals surface area contributed by atoms with Crippen molar-refractivity contribution in [3.63, 3.8) is 0 Å². The number of nitrogens with one attached hydrogen (secondary N) is 2. The SMILES string of the molecule is CC1(C)CCCC(Nc2ccc(C(=O)NC3CC3)cc2)C1. The first-order chi connectivity index (χ1) is 10.0. The van der Waals surface area contributed by atoms with Gasteiger partial charge in [0.2, 0.25) is 0 Å². The molecule has 1 atom stereocenters. The highest BCUT2D eigenvalue weighted by Crippen LogP contribution is 2.36. The quantitative estimate of drug-likeness (QED) is 0.879. The molecule has 2 aliphatic rings. The van der Waals surface area contributed by atoms with E-state index in [2.05, 4.69) is 24.5 Å². The highest BCUT2D eigenvalue weighted by atomic mass is 16.1. The summed E-state index contributed by atoms with van der Waals surface area (Å²) >= 11 is 0. The largest absolute Gasteiger partial charge is 0.382 e. The fraction of sp³-hybridized carbons (Fsp3) is 0.611. The summed E-state index contributed by atoms with van der Waals surface area (Å²) in [6.07, 6.45) is 7.34. The summed E-state index contributed by atoms with van der Waals surface area (Å²) in [6, 6.07) is 8.88. The Morgan fingerprint density at radius 1 is 1.10 bits per heavy atom. The summed E-state index contributed by atoms with van der Waals surface area (Å²) in [5, 5.41) is 6.65. The predicted molar refractivity (Wildman–Crippen MR) is 86.6 cm³/mol. The number of amides is 1. The third-order valence-electron chi connectivity index (χ3n) is 4.64. The maximum Gasteiger partial charge on any atom is 0.251 e. The van der Waals surface area contributed by atoms with Gasteiger partial charge in [-0.05, 0) is 61.8 Å². The van der Waals surface area contributed by atoms with Crippen molar-refractivity contribution in [1.82, 2.24) is 5.32 Å². The van der Waals surface area contributed by atoms with E-state index < -0.39 is 0 Å². The van der Waals surface area contributed by atoms with E-state index in [-0.39, 0.29) is 5.91 Å². The van der Waals surface area contributed by atoms with Gasteiger partial charge in [0.05, 0.1) is 0 Å². The number of benzene rings is 1. The smallest absolute Gasteiger partial charge is 0.251 e. The molecular weight excluding hydrogens is 260 g/mol. The van der Waals surface area contributed by atoms with Crippen LogP contribution in [0.15, 0.2) is 24.3 Å². The molecule has 1 aromatic rings. The molecule has 2 fully saturated rings. The van der Waals surface area contributed by atoms with Crippen LogP contribution in [0.2, 0.25) is 0 Å². The average Bonchev–Trinajstić information content (AvgIpc) is 3.22. The fourth-order valence-electron chi connectivity index (χ4n) is 3.27. The molecule has 0 aliphatic heterocycles. The van der Waals surface area contributed by atoms with Crippen molar-refractivity contribution in [3.8, 4) is 0 Å². The summed E-state index contributed by atoms with van der Waals surface area (Å²) in [5.74, 6) is 0.0582. The zero-order valence-electron chi connectivity index (χ0n) is 13.1. The zero-order valence-corrected chi connectivity index (χ0v) is 13.1. The molecule has 0 radical (unpaired) electrons. The number of carbonyl (C=O) groups is 1. The number of hydrogen-bond acceptors (Lipinski definition) is 2. The Morgan fingerprint density at radius 2 is 1.81 bits per heavy atom. The van der Waals surface area contributed by atoms with Crippen molar-refractivity contribution in [3.05, 3.63) is 29.8 Å². The molecule has 1 aromatic carbocycles. The molecule has 0 aromatic heterocycles. The second kappa shape index (κ2) is 5.70. The van der Waals surface area contributed by atoms with Gasteiger partial charge < -0.3 is 10.6 Å². The summed E-state index contributed by atoms with van der Waals surface area (Å²) in [4.78, 5) is 12.0. The van der Waals surface area contributed by atoms with E-state index in [9.17, 15) is 4.79 Å². The normalized spacial score (nSPS) is 24.4. The summed E-state index contributed by atoms with van der Waals surface area (Å²) in [7, 11) is 0. The molecule has 0 bridgehead atoms. The van der Waals surface area contributed by atoms with Crippen molar-refractivity contribution in [2.75, 3.05) is 5.32 Å². The Hall–Kier alpha value is -1.51. The maximum atomic E-state index is 12.0. The van der Waals surface area contributed by atoms with Crippen LogP contribution in [0.3, 0.4) is 0 Å². The van der Waals surface area contributed by atoms with Crippen molar-refractivity contribution in [2.24, 2.45) is 5.41 Å². The molecule has 2 aliphatic carbocycles. The van der Waals surface area contributed by atoms with Crippen molar-refractivity contribution in [2.45, 2.75) is 64.5 Å². The topological polar surface area (TPSA) is 41.1 Å². The van der Waals surface area contributed by atoms with E-state index >= 15 is 0 Å². The van der Waals surface area contributed by atoms with Gasteiger partial charge in [-0.15, -0.1) is 0 Å². The van der Waals surface area contributed by atoms with Gasteiger partial charge in [0.25, 0.3) is 5.91 Å². The standard InChI is InChI=1S/C18H26N2O/c1-18(2)11-3-4-16(12-18)19-14-7-5-13(6-8-14)17(21)20-15-9-10-15/h5-8,15-16,19H,3-4,9-12H2,1-2H3,(H,20,21). The Balaban J connectivity index is 1.57. The molecule has 3 nitrogen and oxygen atoms in total. The second-order valence-corrected chi connectivity index (χ2v) is 7.43. The maximum absolute atomic E-state index is 12.0. The Kier molecular flexibility index (Phi) is 3.92. The number of carbonyl (C=O) groups excluding carboxylic acids is 1. The average molecular weight is 286 g/mol. The van der Waals surface area contributed by atoms with Crippen LogP contribution in [0.4, 0.5) is 5.69 Å². The van der Waals surface area contributed by atoms with Gasteiger partial charge in [0.15, 0.2) is 0 Å². The van der Waals surface area contributed by atoms with Gasteiger partial charge in [-0.2, -0.15) is 0 Å². The fourth-order valence-corrected chi connectivity index (χ4v) is 3.27. The monoisotopic (exact) mass is 286 g/mol. The van der Waals surface area contributed by atoms with Gasteiger partial charge in [-0.25, -0.2) is 0 Å². The predicted octanol–water partition coefficient (Wildman–Crippen LogP) is 3.96. The van der Waals surface area contributed by atoms with Gasteiger partial charge in [0.1, 0.15) is 0 Å². The molecule has 0 saturated heterocycles. The molecule has 3 rings (SSSR count). The highest BCUT2D eigenvalue weighted by molar-refractivity contribution is 5.94. The third kappa shape index (κ3) is 3.99. The molecule has 2 N–H and O–H groups in total. The minimum Gasteiger partial charge on any atom is -0.382 e. The second-order valence-electron chi connectivity index (χ2n) is 7.43. The first-order valence-corrected chi connectivity index (χ1v) is 8.19. The number of anilines is 1. The van der Waals surface area contributed by atoms with Crippen LogP contribution in [-0.4, -0.2) is 18.0 Å². The van der Waals surface area contributed by atoms with Crippen LogP contribution < -0.4 is 10.6 Å². The lowest BCUT2D eigenvalue weighted by Gasteiger charge is -2.36. The minimum absolute atomic E-state index is 0.0582. The first kappa shape index (κ1) is 14.4. The van der Waals surface area contributed by atoms with E-state index in [0.29, 0.717) is 17.5 Å². The van der Waals surface area contributed by atoms with Crippen molar-refractivity contribution < 1.29 is 4.79 Å². The summed E-state index contributed by atoms with van der Waals surface area (Å²) in [6.45, 7) is 4.71. The van der Waals surface area contributed by atoms with Gasteiger partial charge in [0, 0.05) is 23.3 Å². The lowest BCUT2D eigenvalue weighted by Crippen LogP contribution is -2.31. The lowest BCUT2D eigenvalue weighted by atomic mass is 9.75. The summed E-state index contributed by atoms with van der Waals surface area (Å²) < 4.78 is 0. The summed E-state index contributed by atoms with van der Waals surface area (Å²) in [5.41, 5.74) is 2.33. The Labute approximate surface area is 127 Å².